The number of carbonyl (C=O) groups is 2. The van der Waals surface area contributed by atoms with Crippen LogP contribution in [0.1, 0.15) is 19.5 Å². The molecule has 0 fully saturated rings. The fourth-order valence-electron chi connectivity index (χ4n) is 1.82. The number of rotatable bonds is 6. The SMILES string of the molecule is Cc1cccc(NC(=O)CN(C)CC(=O)N(C)C(C)(C)C#N)n1. The minimum Gasteiger partial charge on any atom is -0.326 e. The molecule has 124 valence electrons. The first-order valence-electron chi connectivity index (χ1n) is 7.25. The number of aromatic nitrogens is 1. The topological polar surface area (TPSA) is 89.3 Å². The molecular formula is C16H23N5O2. The lowest BCUT2D eigenvalue weighted by molar-refractivity contribution is -0.134. The molecule has 23 heavy (non-hydrogen) atoms. The van der Waals surface area contributed by atoms with Crippen LogP contribution in [0, 0.1) is 18.3 Å². The van der Waals surface area contributed by atoms with E-state index in [1.807, 2.05) is 19.1 Å². The van der Waals surface area contributed by atoms with E-state index < -0.39 is 5.54 Å². The van der Waals surface area contributed by atoms with Gasteiger partial charge in [0.25, 0.3) is 0 Å². The van der Waals surface area contributed by atoms with E-state index in [1.54, 1.807) is 38.9 Å². The van der Waals surface area contributed by atoms with Crippen LogP contribution in [0.15, 0.2) is 18.2 Å². The van der Waals surface area contributed by atoms with Crippen molar-refractivity contribution in [2.24, 2.45) is 0 Å². The molecule has 0 atom stereocenters. The van der Waals surface area contributed by atoms with Gasteiger partial charge in [0.1, 0.15) is 11.4 Å². The molecule has 0 spiro atoms. The Morgan fingerprint density at radius 2 is 1.96 bits per heavy atom. The van der Waals surface area contributed by atoms with Gasteiger partial charge >= 0.3 is 0 Å². The molecular weight excluding hydrogens is 294 g/mol. The number of hydrogen-bond donors (Lipinski definition) is 1. The summed E-state index contributed by atoms with van der Waals surface area (Å²) in [4.78, 5) is 31.3. The maximum Gasteiger partial charge on any atom is 0.239 e. The Balaban J connectivity index is 2.53. The minimum atomic E-state index is -0.883. The van der Waals surface area contributed by atoms with E-state index in [2.05, 4.69) is 16.4 Å². The van der Waals surface area contributed by atoms with Crippen LogP contribution in [0.25, 0.3) is 0 Å². The van der Waals surface area contributed by atoms with E-state index >= 15 is 0 Å². The fourth-order valence-corrected chi connectivity index (χ4v) is 1.82. The summed E-state index contributed by atoms with van der Waals surface area (Å²) in [5.41, 5.74) is -0.0715. The van der Waals surface area contributed by atoms with Crippen molar-refractivity contribution < 1.29 is 9.59 Å². The Morgan fingerprint density at radius 1 is 1.30 bits per heavy atom. The van der Waals surface area contributed by atoms with Crippen LogP contribution in [-0.4, -0.2) is 59.3 Å². The van der Waals surface area contributed by atoms with Crippen LogP contribution in [0.3, 0.4) is 0 Å². The summed E-state index contributed by atoms with van der Waals surface area (Å²) < 4.78 is 0. The minimum absolute atomic E-state index is 0.0519. The number of nitrogens with zero attached hydrogens (tertiary/aromatic N) is 4. The number of amides is 2. The largest absolute Gasteiger partial charge is 0.326 e. The summed E-state index contributed by atoms with van der Waals surface area (Å²) in [5, 5.41) is 11.7. The molecule has 7 nitrogen and oxygen atoms in total. The molecule has 0 aromatic carbocycles. The highest BCUT2D eigenvalue weighted by molar-refractivity contribution is 5.91. The van der Waals surface area contributed by atoms with Crippen molar-refractivity contribution in [1.82, 2.24) is 14.8 Å². The summed E-state index contributed by atoms with van der Waals surface area (Å²) in [6, 6.07) is 7.43. The lowest BCUT2D eigenvalue weighted by atomic mass is 10.1. The van der Waals surface area contributed by atoms with Crippen molar-refractivity contribution in [1.29, 1.82) is 5.26 Å². The van der Waals surface area contributed by atoms with Gasteiger partial charge in [0, 0.05) is 12.7 Å². The van der Waals surface area contributed by atoms with E-state index in [0.29, 0.717) is 5.82 Å². The zero-order valence-corrected chi connectivity index (χ0v) is 14.3. The van der Waals surface area contributed by atoms with Crippen molar-refractivity contribution in [2.75, 3.05) is 32.5 Å². The average Bonchev–Trinajstić information content (AvgIpc) is 2.45. The first-order valence-corrected chi connectivity index (χ1v) is 7.25. The van der Waals surface area contributed by atoms with Gasteiger partial charge in [0.2, 0.25) is 11.8 Å². The van der Waals surface area contributed by atoms with E-state index in [4.69, 9.17) is 5.26 Å². The standard InChI is InChI=1S/C16H23N5O2/c1-12-7-6-8-13(18-12)19-14(22)9-20(4)10-15(23)21(5)16(2,3)11-17/h6-8H,9-10H2,1-5H3,(H,18,19,22). The number of pyridine rings is 1. The summed E-state index contributed by atoms with van der Waals surface area (Å²) in [7, 11) is 3.25. The highest BCUT2D eigenvalue weighted by atomic mass is 16.2. The third-order valence-electron chi connectivity index (χ3n) is 3.46. The summed E-state index contributed by atoms with van der Waals surface area (Å²) in [5.74, 6) is 0.0126. The van der Waals surface area contributed by atoms with Crippen molar-refractivity contribution in [3.63, 3.8) is 0 Å². The number of nitrogens with one attached hydrogen (secondary N) is 1. The Bertz CT molecular complexity index is 621. The third-order valence-corrected chi connectivity index (χ3v) is 3.46. The Hall–Kier alpha value is -2.46. The maximum absolute atomic E-state index is 12.1. The van der Waals surface area contributed by atoms with Gasteiger partial charge in [-0.05, 0) is 40.0 Å². The predicted molar refractivity (Wildman–Crippen MR) is 87.6 cm³/mol. The summed E-state index contributed by atoms with van der Waals surface area (Å²) in [6.07, 6.45) is 0. The average molecular weight is 317 g/mol. The van der Waals surface area contributed by atoms with E-state index in [9.17, 15) is 9.59 Å². The molecule has 0 saturated carbocycles. The zero-order chi connectivity index (χ0) is 17.6. The number of carbonyl (C=O) groups excluding carboxylic acids is 2. The molecule has 0 aliphatic heterocycles. The predicted octanol–water partition coefficient (Wildman–Crippen LogP) is 1.02. The lowest BCUT2D eigenvalue weighted by Gasteiger charge is -2.30. The second-order valence-corrected chi connectivity index (χ2v) is 6.01. The van der Waals surface area contributed by atoms with Crippen molar-refractivity contribution in [2.45, 2.75) is 26.3 Å². The second kappa shape index (κ2) is 7.70. The quantitative estimate of drug-likeness (QED) is 0.846. The van der Waals surface area contributed by atoms with Gasteiger partial charge in [0.05, 0.1) is 19.2 Å². The molecule has 1 aromatic rings. The molecule has 1 N–H and O–H groups in total. The zero-order valence-electron chi connectivity index (χ0n) is 14.3. The van der Waals surface area contributed by atoms with Gasteiger partial charge in [-0.1, -0.05) is 6.07 Å². The monoisotopic (exact) mass is 317 g/mol. The molecule has 0 aliphatic rings. The van der Waals surface area contributed by atoms with Crippen LogP contribution in [0.2, 0.25) is 0 Å². The summed E-state index contributed by atoms with van der Waals surface area (Å²) >= 11 is 0. The van der Waals surface area contributed by atoms with Crippen LogP contribution in [0.4, 0.5) is 5.82 Å². The Kier molecular flexibility index (Phi) is 6.22. The van der Waals surface area contributed by atoms with E-state index in [0.717, 1.165) is 5.69 Å². The number of hydrogen-bond acceptors (Lipinski definition) is 5. The second-order valence-electron chi connectivity index (χ2n) is 6.01. The number of anilines is 1. The molecule has 0 saturated heterocycles. The number of likely N-dealkylation sites (N-methyl/N-ethyl adjacent to an activating group) is 2. The first-order chi connectivity index (χ1) is 10.7. The molecule has 1 heterocycles. The lowest BCUT2D eigenvalue weighted by Crippen LogP contribution is -2.48. The molecule has 0 aliphatic carbocycles. The molecule has 0 unspecified atom stereocenters. The van der Waals surface area contributed by atoms with E-state index in [1.165, 1.54) is 4.90 Å². The van der Waals surface area contributed by atoms with Crippen LogP contribution in [-0.2, 0) is 9.59 Å². The van der Waals surface area contributed by atoms with Crippen molar-refractivity contribution in [3.8, 4) is 6.07 Å². The van der Waals surface area contributed by atoms with Gasteiger partial charge in [-0.15, -0.1) is 0 Å². The Labute approximate surface area is 136 Å². The van der Waals surface area contributed by atoms with Crippen LogP contribution in [0.5, 0.6) is 0 Å². The summed E-state index contributed by atoms with van der Waals surface area (Å²) in [6.45, 7) is 5.29. The van der Waals surface area contributed by atoms with E-state index in [-0.39, 0.29) is 24.9 Å². The molecule has 2 amide bonds. The van der Waals surface area contributed by atoms with Gasteiger partial charge in [-0.25, -0.2) is 4.98 Å². The smallest absolute Gasteiger partial charge is 0.239 e. The molecule has 0 bridgehead atoms. The maximum atomic E-state index is 12.1. The van der Waals surface area contributed by atoms with Crippen LogP contribution >= 0.6 is 0 Å². The third kappa shape index (κ3) is 5.68. The highest BCUT2D eigenvalue weighted by Crippen LogP contribution is 2.11. The van der Waals surface area contributed by atoms with Gasteiger partial charge in [-0.2, -0.15) is 5.26 Å². The Morgan fingerprint density at radius 3 is 2.52 bits per heavy atom. The fraction of sp³-hybridized carbons (Fsp3) is 0.500. The van der Waals surface area contributed by atoms with Gasteiger partial charge < -0.3 is 10.2 Å². The van der Waals surface area contributed by atoms with Gasteiger partial charge in [0.15, 0.2) is 0 Å². The molecule has 1 aromatic heterocycles. The van der Waals surface area contributed by atoms with Gasteiger partial charge in [-0.3, -0.25) is 14.5 Å². The highest BCUT2D eigenvalue weighted by Gasteiger charge is 2.27. The molecule has 1 rings (SSSR count). The number of nitriles is 1. The van der Waals surface area contributed by atoms with Crippen molar-refractivity contribution in [3.05, 3.63) is 23.9 Å². The first kappa shape index (κ1) is 18.6. The van der Waals surface area contributed by atoms with Crippen molar-refractivity contribution >= 4 is 17.6 Å². The normalized spacial score (nSPS) is 11.0. The molecule has 0 radical (unpaired) electrons. The molecule has 7 heteroatoms. The van der Waals surface area contributed by atoms with Crippen LogP contribution < -0.4 is 5.32 Å². The number of aryl methyl sites for hydroxylation is 1.